The van der Waals surface area contributed by atoms with Crippen molar-refractivity contribution in [1.82, 2.24) is 4.90 Å². The van der Waals surface area contributed by atoms with Crippen LogP contribution in [0.2, 0.25) is 0 Å². The lowest BCUT2D eigenvalue weighted by atomic mass is 9.97. The maximum Gasteiger partial charge on any atom is 0.342 e. The van der Waals surface area contributed by atoms with E-state index in [2.05, 4.69) is 0 Å². The average Bonchev–Trinajstić information content (AvgIpc) is 2.64. The molecular formula is C19H27NO6. The van der Waals surface area contributed by atoms with Crippen molar-refractivity contribution in [3.05, 3.63) is 17.7 Å². The third-order valence-electron chi connectivity index (χ3n) is 4.73. The summed E-state index contributed by atoms with van der Waals surface area (Å²) in [7, 11) is 4.38. The van der Waals surface area contributed by atoms with Crippen LogP contribution >= 0.6 is 0 Å². The van der Waals surface area contributed by atoms with Crippen LogP contribution in [0.3, 0.4) is 0 Å². The molecule has 1 saturated heterocycles. The molecule has 1 amide bonds. The summed E-state index contributed by atoms with van der Waals surface area (Å²) >= 11 is 0. The minimum Gasteiger partial charge on any atom is -0.493 e. The standard InChI is InChI=1S/C19H27NO6/c1-12-7-6-8-13(2)20(12)16(21)11-26-19(22)14-9-10-15(23-3)18(25-5)17(14)24-4/h9-10,12-13H,6-8,11H2,1-5H3/t12-,13-/m1/s1. The van der Waals surface area contributed by atoms with Gasteiger partial charge >= 0.3 is 5.97 Å². The van der Waals surface area contributed by atoms with Gasteiger partial charge in [-0.2, -0.15) is 0 Å². The van der Waals surface area contributed by atoms with Crippen LogP contribution in [0.15, 0.2) is 12.1 Å². The Balaban J connectivity index is 2.11. The third kappa shape index (κ3) is 4.03. The predicted octanol–water partition coefficient (Wildman–Crippen LogP) is 2.66. The number of amides is 1. The number of rotatable bonds is 6. The van der Waals surface area contributed by atoms with Crippen molar-refractivity contribution in [2.45, 2.75) is 45.2 Å². The Bertz CT molecular complexity index is 650. The van der Waals surface area contributed by atoms with E-state index in [1.165, 1.54) is 27.4 Å². The number of esters is 1. The SMILES string of the molecule is COc1ccc(C(=O)OCC(=O)N2[C@H](C)CCC[C@H]2C)c(OC)c1OC. The molecule has 0 aliphatic carbocycles. The highest BCUT2D eigenvalue weighted by molar-refractivity contribution is 5.95. The topological polar surface area (TPSA) is 74.3 Å². The number of piperidine rings is 1. The molecule has 0 unspecified atom stereocenters. The Morgan fingerprint density at radius 1 is 1.00 bits per heavy atom. The quantitative estimate of drug-likeness (QED) is 0.722. The lowest BCUT2D eigenvalue weighted by Crippen LogP contribution is -2.49. The zero-order valence-corrected chi connectivity index (χ0v) is 16.0. The third-order valence-corrected chi connectivity index (χ3v) is 4.73. The van der Waals surface area contributed by atoms with Gasteiger partial charge in [0.25, 0.3) is 5.91 Å². The number of likely N-dealkylation sites (tertiary alicyclic amines) is 1. The molecule has 0 radical (unpaired) electrons. The van der Waals surface area contributed by atoms with Gasteiger partial charge in [-0.15, -0.1) is 0 Å². The van der Waals surface area contributed by atoms with Gasteiger partial charge in [-0.3, -0.25) is 4.79 Å². The first-order valence-electron chi connectivity index (χ1n) is 8.71. The molecule has 0 bridgehead atoms. The summed E-state index contributed by atoms with van der Waals surface area (Å²) < 4.78 is 21.0. The zero-order chi connectivity index (χ0) is 19.3. The van der Waals surface area contributed by atoms with Crippen molar-refractivity contribution in [3.8, 4) is 17.2 Å². The molecule has 144 valence electrons. The number of carbonyl (C=O) groups is 2. The van der Waals surface area contributed by atoms with Gasteiger partial charge in [0.05, 0.1) is 21.3 Å². The molecule has 1 aromatic rings. The molecule has 7 nitrogen and oxygen atoms in total. The Morgan fingerprint density at radius 2 is 1.62 bits per heavy atom. The molecule has 26 heavy (non-hydrogen) atoms. The molecule has 0 spiro atoms. The minimum absolute atomic E-state index is 0.153. The fourth-order valence-electron chi connectivity index (χ4n) is 3.45. The van der Waals surface area contributed by atoms with Crippen LogP contribution in [0.4, 0.5) is 0 Å². The lowest BCUT2D eigenvalue weighted by molar-refractivity contribution is -0.140. The van der Waals surface area contributed by atoms with Crippen LogP contribution < -0.4 is 14.2 Å². The Kier molecular flexibility index (Phi) is 6.71. The second kappa shape index (κ2) is 8.78. The van der Waals surface area contributed by atoms with Gasteiger partial charge in [0.1, 0.15) is 5.56 Å². The minimum atomic E-state index is -0.645. The van der Waals surface area contributed by atoms with Crippen molar-refractivity contribution < 1.29 is 28.5 Å². The van der Waals surface area contributed by atoms with E-state index in [1.54, 1.807) is 6.07 Å². The highest BCUT2D eigenvalue weighted by atomic mass is 16.5. The van der Waals surface area contributed by atoms with Crippen LogP contribution in [0, 0.1) is 0 Å². The smallest absolute Gasteiger partial charge is 0.342 e. The molecule has 0 aromatic heterocycles. The summed E-state index contributed by atoms with van der Waals surface area (Å²) in [4.78, 5) is 26.8. The van der Waals surface area contributed by atoms with Crippen LogP contribution in [0.1, 0.15) is 43.5 Å². The molecule has 0 saturated carbocycles. The summed E-state index contributed by atoms with van der Waals surface area (Å²) in [5.41, 5.74) is 0.178. The molecule has 1 aromatic carbocycles. The molecule has 2 atom stereocenters. The number of benzene rings is 1. The average molecular weight is 365 g/mol. The Labute approximate surface area is 154 Å². The molecule has 1 aliphatic rings. The molecule has 1 heterocycles. The summed E-state index contributed by atoms with van der Waals surface area (Å²) in [6.07, 6.45) is 3.04. The number of carbonyl (C=O) groups excluding carboxylic acids is 2. The first-order chi connectivity index (χ1) is 12.4. The molecule has 1 fully saturated rings. The van der Waals surface area contributed by atoms with E-state index in [0.717, 1.165) is 19.3 Å². The van der Waals surface area contributed by atoms with Gasteiger partial charge in [0.2, 0.25) is 5.75 Å². The summed E-state index contributed by atoms with van der Waals surface area (Å²) in [6.45, 7) is 3.74. The highest BCUT2D eigenvalue weighted by Gasteiger charge is 2.30. The van der Waals surface area contributed by atoms with Crippen molar-refractivity contribution in [3.63, 3.8) is 0 Å². The predicted molar refractivity (Wildman–Crippen MR) is 96.0 cm³/mol. The van der Waals surface area contributed by atoms with Gasteiger partial charge in [-0.1, -0.05) is 0 Å². The number of hydrogen-bond acceptors (Lipinski definition) is 6. The number of ether oxygens (including phenoxy) is 4. The zero-order valence-electron chi connectivity index (χ0n) is 16.0. The Hall–Kier alpha value is -2.44. The largest absolute Gasteiger partial charge is 0.493 e. The molecule has 2 rings (SSSR count). The summed E-state index contributed by atoms with van der Waals surface area (Å²) in [6, 6.07) is 3.43. The van der Waals surface area contributed by atoms with Crippen LogP contribution in [-0.2, 0) is 9.53 Å². The maximum absolute atomic E-state index is 12.5. The number of nitrogens with zero attached hydrogens (tertiary/aromatic N) is 1. The summed E-state index contributed by atoms with van der Waals surface area (Å²) in [5, 5.41) is 0. The summed E-state index contributed by atoms with van der Waals surface area (Å²) in [5.74, 6) is 0.122. The van der Waals surface area contributed by atoms with Gasteiger partial charge in [-0.05, 0) is 45.2 Å². The first-order valence-corrected chi connectivity index (χ1v) is 8.71. The first kappa shape index (κ1) is 19.9. The molecule has 0 N–H and O–H groups in total. The van der Waals surface area contributed by atoms with Crippen molar-refractivity contribution in [2.24, 2.45) is 0 Å². The maximum atomic E-state index is 12.5. The molecule has 7 heteroatoms. The molecule has 1 aliphatic heterocycles. The van der Waals surface area contributed by atoms with Gasteiger partial charge < -0.3 is 23.8 Å². The van der Waals surface area contributed by atoms with Crippen LogP contribution in [0.5, 0.6) is 17.2 Å². The van der Waals surface area contributed by atoms with Gasteiger partial charge in [0.15, 0.2) is 18.1 Å². The van der Waals surface area contributed by atoms with Crippen molar-refractivity contribution >= 4 is 11.9 Å². The van der Waals surface area contributed by atoms with E-state index in [4.69, 9.17) is 18.9 Å². The monoisotopic (exact) mass is 365 g/mol. The Morgan fingerprint density at radius 3 is 2.15 bits per heavy atom. The normalized spacial score (nSPS) is 19.7. The van der Waals surface area contributed by atoms with Crippen LogP contribution in [-0.4, -0.2) is 56.8 Å². The van der Waals surface area contributed by atoms with Gasteiger partial charge in [0, 0.05) is 12.1 Å². The lowest BCUT2D eigenvalue weighted by Gasteiger charge is -2.38. The number of hydrogen-bond donors (Lipinski definition) is 0. The van der Waals surface area contributed by atoms with E-state index in [9.17, 15) is 9.59 Å². The number of methoxy groups -OCH3 is 3. The van der Waals surface area contributed by atoms with Crippen molar-refractivity contribution in [1.29, 1.82) is 0 Å². The molecular weight excluding hydrogens is 338 g/mol. The second-order valence-electron chi connectivity index (χ2n) is 6.39. The second-order valence-corrected chi connectivity index (χ2v) is 6.39. The van der Waals surface area contributed by atoms with E-state index in [0.29, 0.717) is 11.5 Å². The van der Waals surface area contributed by atoms with E-state index >= 15 is 0 Å². The fraction of sp³-hybridized carbons (Fsp3) is 0.579. The fourth-order valence-corrected chi connectivity index (χ4v) is 3.45. The highest BCUT2D eigenvalue weighted by Crippen LogP contribution is 2.40. The van der Waals surface area contributed by atoms with Gasteiger partial charge in [-0.25, -0.2) is 4.79 Å². The van der Waals surface area contributed by atoms with E-state index in [-0.39, 0.29) is 35.9 Å². The van der Waals surface area contributed by atoms with Crippen LogP contribution in [0.25, 0.3) is 0 Å². The van der Waals surface area contributed by atoms with E-state index < -0.39 is 5.97 Å². The van der Waals surface area contributed by atoms with Crippen molar-refractivity contribution in [2.75, 3.05) is 27.9 Å². The van der Waals surface area contributed by atoms with E-state index in [1.807, 2.05) is 18.7 Å².